The van der Waals surface area contributed by atoms with Gasteiger partial charge in [0, 0.05) is 0 Å². The van der Waals surface area contributed by atoms with Crippen LogP contribution in [0.15, 0.2) is 42.5 Å². The zero-order chi connectivity index (χ0) is 21.6. The molecule has 2 aromatic carbocycles. The summed E-state index contributed by atoms with van der Waals surface area (Å²) in [5.74, 6) is -3.15. The topological polar surface area (TPSA) is 84.5 Å². The number of aryl methyl sites for hydroxylation is 1. The molecule has 6 nitrogen and oxygen atoms in total. The number of rotatable bonds is 7. The van der Waals surface area contributed by atoms with Crippen LogP contribution in [0.2, 0.25) is 5.02 Å². The van der Waals surface area contributed by atoms with E-state index >= 15 is 0 Å². The fraction of sp³-hybridized carbons (Fsp3) is 0.286. The molecule has 0 bridgehead atoms. The summed E-state index contributed by atoms with van der Waals surface area (Å²) < 4.78 is 18.8. The second-order valence-electron chi connectivity index (χ2n) is 6.81. The number of halogens is 2. The molecule has 0 saturated carbocycles. The van der Waals surface area contributed by atoms with E-state index in [1.165, 1.54) is 18.2 Å². The van der Waals surface area contributed by atoms with Gasteiger partial charge in [-0.05, 0) is 42.7 Å². The fourth-order valence-corrected chi connectivity index (χ4v) is 2.78. The first-order chi connectivity index (χ1) is 13.7. The number of ether oxygens (including phenoxy) is 1. The summed E-state index contributed by atoms with van der Waals surface area (Å²) in [5.41, 5.74) is 1.15. The zero-order valence-corrected chi connectivity index (χ0v) is 17.0. The van der Waals surface area contributed by atoms with Crippen LogP contribution in [0, 0.1) is 18.7 Å². The van der Waals surface area contributed by atoms with Crippen LogP contribution in [-0.4, -0.2) is 30.4 Å². The van der Waals surface area contributed by atoms with Crippen molar-refractivity contribution in [1.82, 2.24) is 5.32 Å². The number of nitrogens with one attached hydrogen (secondary N) is 2. The van der Waals surface area contributed by atoms with Gasteiger partial charge in [0.1, 0.15) is 11.9 Å². The van der Waals surface area contributed by atoms with Gasteiger partial charge in [-0.3, -0.25) is 9.59 Å². The van der Waals surface area contributed by atoms with Crippen molar-refractivity contribution in [1.29, 1.82) is 0 Å². The molecule has 8 heteroatoms. The van der Waals surface area contributed by atoms with Crippen LogP contribution in [0.1, 0.15) is 29.8 Å². The van der Waals surface area contributed by atoms with Crippen LogP contribution in [0.5, 0.6) is 0 Å². The number of esters is 1. The molecular formula is C21H22ClFN2O4. The van der Waals surface area contributed by atoms with Crippen molar-refractivity contribution in [3.05, 3.63) is 64.4 Å². The van der Waals surface area contributed by atoms with Crippen LogP contribution in [0.3, 0.4) is 0 Å². The Hall–Kier alpha value is -2.93. The molecule has 0 aliphatic carbocycles. The minimum Gasteiger partial charge on any atom is -0.454 e. The molecule has 0 aromatic heterocycles. The minimum atomic E-state index is -1.04. The molecule has 2 aromatic rings. The molecule has 29 heavy (non-hydrogen) atoms. The third-order valence-corrected chi connectivity index (χ3v) is 4.38. The lowest BCUT2D eigenvalue weighted by Crippen LogP contribution is -2.46. The number of carbonyl (C=O) groups excluding carboxylic acids is 3. The monoisotopic (exact) mass is 420 g/mol. The van der Waals surface area contributed by atoms with Crippen LogP contribution in [0.25, 0.3) is 0 Å². The molecule has 0 heterocycles. The third-order valence-electron chi connectivity index (χ3n) is 4.07. The van der Waals surface area contributed by atoms with Crippen molar-refractivity contribution < 1.29 is 23.5 Å². The quantitative estimate of drug-likeness (QED) is 0.668. The lowest BCUT2D eigenvalue weighted by Gasteiger charge is -2.21. The number of hydrogen-bond donors (Lipinski definition) is 2. The molecular weight excluding hydrogens is 399 g/mol. The second-order valence-corrected chi connectivity index (χ2v) is 7.22. The lowest BCUT2D eigenvalue weighted by atomic mass is 10.0. The van der Waals surface area contributed by atoms with Crippen LogP contribution in [-0.2, 0) is 14.3 Å². The Morgan fingerprint density at radius 1 is 1.14 bits per heavy atom. The normalized spacial score (nSPS) is 11.7. The van der Waals surface area contributed by atoms with Crippen molar-refractivity contribution >= 4 is 35.1 Å². The van der Waals surface area contributed by atoms with Gasteiger partial charge in [0.05, 0.1) is 16.3 Å². The maximum Gasteiger partial charge on any atom is 0.329 e. The Bertz CT molecular complexity index is 917. The molecule has 2 rings (SSSR count). The van der Waals surface area contributed by atoms with Crippen molar-refractivity contribution in [2.75, 3.05) is 11.9 Å². The molecule has 0 fully saturated rings. The van der Waals surface area contributed by atoms with Gasteiger partial charge in [-0.2, -0.15) is 0 Å². The molecule has 0 aliphatic rings. The summed E-state index contributed by atoms with van der Waals surface area (Å²) in [6.07, 6.45) is 0. The first-order valence-electron chi connectivity index (χ1n) is 8.97. The molecule has 0 saturated heterocycles. The van der Waals surface area contributed by atoms with E-state index < -0.39 is 36.2 Å². The van der Waals surface area contributed by atoms with E-state index in [-0.39, 0.29) is 11.5 Å². The standard InChI is InChI=1S/C21H22ClFN2O4/c1-12(2)19(25-20(27)14-6-4-5-7-16(14)23)21(28)29-11-18(26)24-17-9-8-13(3)10-15(17)22/h4-10,12,19H,11H2,1-3H3,(H,24,26)(H,25,27)/t19-/m0/s1. The first kappa shape index (κ1) is 22.4. The number of carbonyl (C=O) groups is 3. The molecule has 2 amide bonds. The van der Waals surface area contributed by atoms with Gasteiger partial charge in [0.25, 0.3) is 11.8 Å². The van der Waals surface area contributed by atoms with Gasteiger partial charge in [-0.15, -0.1) is 0 Å². The Morgan fingerprint density at radius 3 is 2.45 bits per heavy atom. The number of benzene rings is 2. The predicted octanol–water partition coefficient (Wildman–Crippen LogP) is 3.72. The molecule has 0 radical (unpaired) electrons. The van der Waals surface area contributed by atoms with Crippen molar-refractivity contribution in [2.45, 2.75) is 26.8 Å². The summed E-state index contributed by atoms with van der Waals surface area (Å²) in [7, 11) is 0. The Balaban J connectivity index is 1.96. The molecule has 0 aliphatic heterocycles. The van der Waals surface area contributed by atoms with E-state index in [1.807, 2.05) is 6.92 Å². The van der Waals surface area contributed by atoms with E-state index in [4.69, 9.17) is 16.3 Å². The van der Waals surface area contributed by atoms with Gasteiger partial charge < -0.3 is 15.4 Å². The van der Waals surface area contributed by atoms with Gasteiger partial charge in [-0.25, -0.2) is 9.18 Å². The molecule has 154 valence electrons. The van der Waals surface area contributed by atoms with E-state index in [0.29, 0.717) is 10.7 Å². The predicted molar refractivity (Wildman–Crippen MR) is 108 cm³/mol. The average Bonchev–Trinajstić information content (AvgIpc) is 2.66. The maximum absolute atomic E-state index is 13.8. The summed E-state index contributed by atoms with van der Waals surface area (Å²) in [5, 5.41) is 5.37. The maximum atomic E-state index is 13.8. The molecule has 0 unspecified atom stereocenters. The lowest BCUT2D eigenvalue weighted by molar-refractivity contribution is -0.150. The molecule has 0 spiro atoms. The minimum absolute atomic E-state index is 0.183. The van der Waals surface area contributed by atoms with E-state index in [0.717, 1.165) is 11.6 Å². The smallest absolute Gasteiger partial charge is 0.329 e. The van der Waals surface area contributed by atoms with Crippen LogP contribution >= 0.6 is 11.6 Å². The Kier molecular flexibility index (Phi) is 7.73. The van der Waals surface area contributed by atoms with Crippen molar-refractivity contribution in [2.24, 2.45) is 5.92 Å². The van der Waals surface area contributed by atoms with Crippen LogP contribution in [0.4, 0.5) is 10.1 Å². The Labute approximate surface area is 173 Å². The van der Waals surface area contributed by atoms with Gasteiger partial charge in [0.2, 0.25) is 0 Å². The zero-order valence-electron chi connectivity index (χ0n) is 16.3. The van der Waals surface area contributed by atoms with E-state index in [9.17, 15) is 18.8 Å². The summed E-state index contributed by atoms with van der Waals surface area (Å²) in [6.45, 7) is 4.70. The molecule has 2 N–H and O–H groups in total. The number of hydrogen-bond acceptors (Lipinski definition) is 4. The second kappa shape index (κ2) is 10.0. The first-order valence-corrected chi connectivity index (χ1v) is 9.35. The highest BCUT2D eigenvalue weighted by molar-refractivity contribution is 6.33. The number of anilines is 1. The summed E-state index contributed by atoms with van der Waals surface area (Å²) in [4.78, 5) is 36.7. The van der Waals surface area contributed by atoms with Gasteiger partial charge in [0.15, 0.2) is 6.61 Å². The highest BCUT2D eigenvalue weighted by Gasteiger charge is 2.27. The average molecular weight is 421 g/mol. The van der Waals surface area contributed by atoms with Gasteiger partial charge >= 0.3 is 5.97 Å². The van der Waals surface area contributed by atoms with E-state index in [2.05, 4.69) is 10.6 Å². The van der Waals surface area contributed by atoms with Crippen molar-refractivity contribution in [3.63, 3.8) is 0 Å². The SMILES string of the molecule is Cc1ccc(NC(=O)COC(=O)[C@@H](NC(=O)c2ccccc2F)C(C)C)c(Cl)c1. The fourth-order valence-electron chi connectivity index (χ4n) is 2.50. The van der Waals surface area contributed by atoms with Crippen molar-refractivity contribution in [3.8, 4) is 0 Å². The highest BCUT2D eigenvalue weighted by atomic mass is 35.5. The summed E-state index contributed by atoms with van der Waals surface area (Å²) in [6, 6.07) is 9.50. The number of amides is 2. The Morgan fingerprint density at radius 2 is 1.83 bits per heavy atom. The van der Waals surface area contributed by atoms with Crippen LogP contribution < -0.4 is 10.6 Å². The summed E-state index contributed by atoms with van der Waals surface area (Å²) >= 11 is 6.06. The largest absolute Gasteiger partial charge is 0.454 e. The van der Waals surface area contributed by atoms with E-state index in [1.54, 1.807) is 32.0 Å². The highest BCUT2D eigenvalue weighted by Crippen LogP contribution is 2.22. The van der Waals surface area contributed by atoms with Gasteiger partial charge in [-0.1, -0.05) is 43.6 Å². The third kappa shape index (κ3) is 6.29. The molecule has 1 atom stereocenters.